The zero-order chi connectivity index (χ0) is 22.0. The SMILES string of the molecule is CC(C)Oc1ccc(S(C)(=O)=O)cc1C(=O)N1CCN(OC(=O)C(C)(C)C)CC1. The third-order valence-electron chi connectivity index (χ3n) is 4.32. The number of sulfone groups is 1. The molecule has 0 aliphatic carbocycles. The van der Waals surface area contributed by atoms with Gasteiger partial charge >= 0.3 is 5.97 Å². The van der Waals surface area contributed by atoms with Gasteiger partial charge in [-0.2, -0.15) is 0 Å². The second-order valence-electron chi connectivity index (χ2n) is 8.45. The van der Waals surface area contributed by atoms with Gasteiger partial charge in [0.25, 0.3) is 5.91 Å². The Balaban J connectivity index is 2.17. The molecule has 1 aliphatic rings. The Morgan fingerprint density at radius 2 is 1.66 bits per heavy atom. The molecule has 1 fully saturated rings. The van der Waals surface area contributed by atoms with E-state index in [9.17, 15) is 18.0 Å². The largest absolute Gasteiger partial charge is 0.490 e. The second kappa shape index (κ2) is 8.71. The lowest BCUT2D eigenvalue weighted by molar-refractivity contribution is -0.205. The van der Waals surface area contributed by atoms with Crippen LogP contribution >= 0.6 is 0 Å². The Labute approximate surface area is 172 Å². The summed E-state index contributed by atoms with van der Waals surface area (Å²) in [6, 6.07) is 4.32. The molecule has 0 bridgehead atoms. The van der Waals surface area contributed by atoms with E-state index in [1.54, 1.807) is 30.7 Å². The molecule has 1 amide bonds. The van der Waals surface area contributed by atoms with Crippen molar-refractivity contribution in [3.8, 4) is 5.75 Å². The van der Waals surface area contributed by atoms with E-state index in [2.05, 4.69) is 0 Å². The monoisotopic (exact) mass is 426 g/mol. The first-order valence-electron chi connectivity index (χ1n) is 9.56. The van der Waals surface area contributed by atoms with Crippen molar-refractivity contribution in [3.05, 3.63) is 23.8 Å². The third kappa shape index (κ3) is 6.17. The molecule has 9 heteroatoms. The summed E-state index contributed by atoms with van der Waals surface area (Å²) >= 11 is 0. The maximum absolute atomic E-state index is 13.1. The first-order valence-corrected chi connectivity index (χ1v) is 11.5. The highest BCUT2D eigenvalue weighted by Gasteiger charge is 2.30. The molecule has 1 heterocycles. The highest BCUT2D eigenvalue weighted by atomic mass is 32.2. The zero-order valence-corrected chi connectivity index (χ0v) is 18.7. The predicted molar refractivity (Wildman–Crippen MR) is 108 cm³/mol. The Hall–Kier alpha value is -2.13. The molecule has 0 N–H and O–H groups in total. The molecular weight excluding hydrogens is 396 g/mol. The van der Waals surface area contributed by atoms with Crippen LogP contribution in [0.4, 0.5) is 0 Å². The average Bonchev–Trinajstić information content (AvgIpc) is 2.60. The van der Waals surface area contributed by atoms with Crippen molar-refractivity contribution in [2.24, 2.45) is 5.41 Å². The lowest BCUT2D eigenvalue weighted by atomic mass is 9.98. The number of nitrogens with zero attached hydrogens (tertiary/aromatic N) is 2. The van der Waals surface area contributed by atoms with Crippen LogP contribution in [0.15, 0.2) is 23.1 Å². The van der Waals surface area contributed by atoms with E-state index in [-0.39, 0.29) is 28.4 Å². The van der Waals surface area contributed by atoms with Gasteiger partial charge in [-0.1, -0.05) is 0 Å². The summed E-state index contributed by atoms with van der Waals surface area (Å²) < 4.78 is 29.6. The van der Waals surface area contributed by atoms with Gasteiger partial charge in [0.15, 0.2) is 9.84 Å². The van der Waals surface area contributed by atoms with E-state index in [0.717, 1.165) is 6.26 Å². The van der Waals surface area contributed by atoms with Crippen LogP contribution in [0, 0.1) is 5.41 Å². The maximum Gasteiger partial charge on any atom is 0.330 e. The number of carbonyl (C=O) groups excluding carboxylic acids is 2. The molecule has 162 valence electrons. The van der Waals surface area contributed by atoms with Crippen molar-refractivity contribution >= 4 is 21.7 Å². The summed E-state index contributed by atoms with van der Waals surface area (Å²) in [7, 11) is -3.46. The molecule has 1 saturated heterocycles. The van der Waals surface area contributed by atoms with Crippen molar-refractivity contribution < 1.29 is 27.6 Å². The lowest BCUT2D eigenvalue weighted by Gasteiger charge is -2.34. The standard InChI is InChI=1S/C20H30N2O6S/c1-14(2)27-17-8-7-15(29(6,25)26)13-16(17)18(23)21-9-11-22(12-10-21)28-19(24)20(3,4)5/h7-8,13-14H,9-12H2,1-6H3. The van der Waals surface area contributed by atoms with Crippen molar-refractivity contribution in [3.63, 3.8) is 0 Å². The Bertz CT molecular complexity index is 865. The van der Waals surface area contributed by atoms with E-state index in [4.69, 9.17) is 9.57 Å². The first kappa shape index (κ1) is 23.2. The number of hydroxylamine groups is 2. The molecule has 29 heavy (non-hydrogen) atoms. The molecule has 1 aromatic rings. The summed E-state index contributed by atoms with van der Waals surface area (Å²) in [4.78, 5) is 32.2. The van der Waals surface area contributed by atoms with E-state index in [1.165, 1.54) is 18.2 Å². The van der Waals surface area contributed by atoms with Crippen LogP contribution in [-0.4, -0.2) is 68.8 Å². The lowest BCUT2D eigenvalue weighted by Crippen LogP contribution is -2.50. The molecule has 8 nitrogen and oxygen atoms in total. The molecule has 0 unspecified atom stereocenters. The molecule has 0 spiro atoms. The minimum Gasteiger partial charge on any atom is -0.490 e. The van der Waals surface area contributed by atoms with Gasteiger partial charge in [0.1, 0.15) is 5.75 Å². The van der Waals surface area contributed by atoms with E-state index in [1.807, 2.05) is 13.8 Å². The minimum absolute atomic E-state index is 0.0645. The van der Waals surface area contributed by atoms with Crippen molar-refractivity contribution in [1.29, 1.82) is 0 Å². The maximum atomic E-state index is 13.1. The van der Waals surface area contributed by atoms with Gasteiger partial charge < -0.3 is 14.5 Å². The Morgan fingerprint density at radius 1 is 1.07 bits per heavy atom. The van der Waals surface area contributed by atoms with Gasteiger partial charge in [-0.15, -0.1) is 5.06 Å². The van der Waals surface area contributed by atoms with Crippen LogP contribution in [0.25, 0.3) is 0 Å². The number of hydrogen-bond acceptors (Lipinski definition) is 7. The normalized spacial score (nSPS) is 16.0. The fourth-order valence-electron chi connectivity index (χ4n) is 2.67. The van der Waals surface area contributed by atoms with Crippen LogP contribution in [0.1, 0.15) is 45.0 Å². The third-order valence-corrected chi connectivity index (χ3v) is 5.43. The van der Waals surface area contributed by atoms with Gasteiger partial charge in [0.2, 0.25) is 0 Å². The van der Waals surface area contributed by atoms with Crippen LogP contribution in [0.5, 0.6) is 5.75 Å². The van der Waals surface area contributed by atoms with E-state index < -0.39 is 15.3 Å². The van der Waals surface area contributed by atoms with Crippen LogP contribution in [0.3, 0.4) is 0 Å². The molecular formula is C20H30N2O6S. The molecule has 1 aromatic carbocycles. The summed E-state index contributed by atoms with van der Waals surface area (Å²) in [6.45, 7) is 10.4. The number of piperazine rings is 1. The van der Waals surface area contributed by atoms with Crippen LogP contribution in [0.2, 0.25) is 0 Å². The molecule has 0 radical (unpaired) electrons. The van der Waals surface area contributed by atoms with E-state index >= 15 is 0 Å². The molecule has 1 aliphatic heterocycles. The van der Waals surface area contributed by atoms with Crippen molar-refractivity contribution in [2.45, 2.75) is 45.6 Å². The van der Waals surface area contributed by atoms with Gasteiger partial charge in [-0.25, -0.2) is 13.2 Å². The fraction of sp³-hybridized carbons (Fsp3) is 0.600. The highest BCUT2D eigenvalue weighted by molar-refractivity contribution is 7.90. The quantitative estimate of drug-likeness (QED) is 0.712. The zero-order valence-electron chi connectivity index (χ0n) is 17.9. The van der Waals surface area contributed by atoms with Crippen molar-refractivity contribution in [2.75, 3.05) is 32.4 Å². The Kier molecular flexibility index (Phi) is 6.95. The second-order valence-corrected chi connectivity index (χ2v) is 10.5. The predicted octanol–water partition coefficient (Wildman–Crippen LogP) is 2.14. The van der Waals surface area contributed by atoms with Gasteiger partial charge in [-0.05, 0) is 52.8 Å². The number of benzene rings is 1. The van der Waals surface area contributed by atoms with Gasteiger partial charge in [0, 0.05) is 19.3 Å². The number of carbonyl (C=O) groups is 2. The summed E-state index contributed by atoms with van der Waals surface area (Å²) in [5, 5.41) is 1.55. The molecule has 2 rings (SSSR count). The Morgan fingerprint density at radius 3 is 2.14 bits per heavy atom. The van der Waals surface area contributed by atoms with Gasteiger partial charge in [-0.3, -0.25) is 4.79 Å². The number of rotatable bonds is 5. The smallest absolute Gasteiger partial charge is 0.330 e. The minimum atomic E-state index is -3.46. The summed E-state index contributed by atoms with van der Waals surface area (Å²) in [6.07, 6.45) is 0.932. The van der Waals surface area contributed by atoms with E-state index in [0.29, 0.717) is 31.9 Å². The van der Waals surface area contributed by atoms with Crippen LogP contribution in [-0.2, 0) is 19.5 Å². The number of ether oxygens (including phenoxy) is 1. The summed E-state index contributed by atoms with van der Waals surface area (Å²) in [5.41, 5.74) is -0.399. The summed E-state index contributed by atoms with van der Waals surface area (Å²) in [5.74, 6) is -0.294. The van der Waals surface area contributed by atoms with Crippen LogP contribution < -0.4 is 4.74 Å². The topological polar surface area (TPSA) is 93.2 Å². The van der Waals surface area contributed by atoms with Crippen molar-refractivity contribution in [1.82, 2.24) is 9.96 Å². The highest BCUT2D eigenvalue weighted by Crippen LogP contribution is 2.26. The molecule has 0 saturated carbocycles. The number of amides is 1. The molecule has 0 aromatic heterocycles. The molecule has 0 atom stereocenters. The van der Waals surface area contributed by atoms with Gasteiger partial charge in [0.05, 0.1) is 35.1 Å². The number of hydrogen-bond donors (Lipinski definition) is 0. The fourth-order valence-corrected chi connectivity index (χ4v) is 3.32. The first-order chi connectivity index (χ1) is 13.3. The average molecular weight is 427 g/mol.